The molecule has 3 rings (SSSR count). The first kappa shape index (κ1) is 18.0. The van der Waals surface area contributed by atoms with Crippen LogP contribution in [0.4, 0.5) is 5.13 Å². The third-order valence-electron chi connectivity index (χ3n) is 3.96. The Hall–Kier alpha value is -2.80. The zero-order valence-corrected chi connectivity index (χ0v) is 15.9. The summed E-state index contributed by atoms with van der Waals surface area (Å²) in [4.78, 5) is 28.1. The number of benzene rings is 1. The van der Waals surface area contributed by atoms with Crippen LogP contribution in [0.2, 0.25) is 0 Å². The molecule has 3 aromatic rings. The van der Waals surface area contributed by atoms with Gasteiger partial charge in [-0.15, -0.1) is 11.3 Å². The normalized spacial score (nSPS) is 11.4. The van der Waals surface area contributed by atoms with Crippen molar-refractivity contribution in [3.05, 3.63) is 63.4 Å². The highest BCUT2D eigenvalue weighted by atomic mass is 32.1. The van der Waals surface area contributed by atoms with Crippen LogP contribution in [0.25, 0.3) is 11.3 Å². The molecule has 0 spiro atoms. The SMILES string of the molecule is Cn1nc(C(=O)Nc2nc(-c3ccc(C(C)(C)C)cc3)cs2)ccc1=O. The summed E-state index contributed by atoms with van der Waals surface area (Å²) in [6, 6.07) is 11.0. The molecule has 6 nitrogen and oxygen atoms in total. The molecular weight excluding hydrogens is 348 g/mol. The van der Waals surface area contributed by atoms with E-state index >= 15 is 0 Å². The lowest BCUT2D eigenvalue weighted by Crippen LogP contribution is -2.23. The molecule has 2 heterocycles. The summed E-state index contributed by atoms with van der Waals surface area (Å²) in [5.74, 6) is -0.399. The van der Waals surface area contributed by atoms with Gasteiger partial charge in [0.25, 0.3) is 11.5 Å². The summed E-state index contributed by atoms with van der Waals surface area (Å²) in [6.07, 6.45) is 0. The number of thiazole rings is 1. The maximum atomic E-state index is 12.3. The van der Waals surface area contributed by atoms with E-state index in [-0.39, 0.29) is 16.7 Å². The van der Waals surface area contributed by atoms with Gasteiger partial charge in [0.15, 0.2) is 5.13 Å². The number of carbonyl (C=O) groups is 1. The second kappa shape index (κ2) is 6.84. The Morgan fingerprint density at radius 1 is 1.12 bits per heavy atom. The van der Waals surface area contributed by atoms with Gasteiger partial charge in [-0.2, -0.15) is 5.10 Å². The molecule has 1 aromatic carbocycles. The Morgan fingerprint density at radius 2 is 1.81 bits per heavy atom. The maximum absolute atomic E-state index is 12.3. The lowest BCUT2D eigenvalue weighted by Gasteiger charge is -2.18. The van der Waals surface area contributed by atoms with E-state index in [1.54, 1.807) is 0 Å². The molecule has 0 saturated heterocycles. The molecule has 0 unspecified atom stereocenters. The number of carbonyl (C=O) groups excluding carboxylic acids is 1. The van der Waals surface area contributed by atoms with Gasteiger partial charge >= 0.3 is 0 Å². The second-order valence-electron chi connectivity index (χ2n) is 7.00. The maximum Gasteiger partial charge on any atom is 0.277 e. The van der Waals surface area contributed by atoms with Crippen molar-refractivity contribution in [3.63, 3.8) is 0 Å². The topological polar surface area (TPSA) is 76.9 Å². The molecule has 0 aliphatic carbocycles. The minimum atomic E-state index is -0.399. The second-order valence-corrected chi connectivity index (χ2v) is 7.86. The minimum Gasteiger partial charge on any atom is -0.296 e. The van der Waals surface area contributed by atoms with Gasteiger partial charge in [0, 0.05) is 24.1 Å². The molecular formula is C19H20N4O2S. The van der Waals surface area contributed by atoms with E-state index < -0.39 is 5.91 Å². The number of nitrogens with zero attached hydrogens (tertiary/aromatic N) is 3. The van der Waals surface area contributed by atoms with Crippen molar-refractivity contribution in [1.82, 2.24) is 14.8 Å². The Balaban J connectivity index is 1.76. The summed E-state index contributed by atoms with van der Waals surface area (Å²) in [6.45, 7) is 6.52. The number of hydrogen-bond acceptors (Lipinski definition) is 5. The number of amides is 1. The Kier molecular flexibility index (Phi) is 4.73. The summed E-state index contributed by atoms with van der Waals surface area (Å²) in [7, 11) is 1.50. The summed E-state index contributed by atoms with van der Waals surface area (Å²) in [5.41, 5.74) is 3.05. The Morgan fingerprint density at radius 3 is 2.42 bits per heavy atom. The number of hydrogen-bond donors (Lipinski definition) is 1. The molecule has 0 aliphatic heterocycles. The van der Waals surface area contributed by atoms with E-state index in [1.165, 1.54) is 36.1 Å². The molecule has 1 N–H and O–H groups in total. The highest BCUT2D eigenvalue weighted by molar-refractivity contribution is 7.14. The first-order valence-electron chi connectivity index (χ1n) is 8.16. The molecule has 2 aromatic heterocycles. The molecule has 134 valence electrons. The van der Waals surface area contributed by atoms with E-state index in [4.69, 9.17) is 0 Å². The molecule has 0 bridgehead atoms. The molecule has 7 heteroatoms. The van der Waals surface area contributed by atoms with Gasteiger partial charge in [-0.3, -0.25) is 14.9 Å². The average molecular weight is 368 g/mol. The zero-order chi connectivity index (χ0) is 18.9. The van der Waals surface area contributed by atoms with Gasteiger partial charge < -0.3 is 0 Å². The van der Waals surface area contributed by atoms with Crippen LogP contribution in [-0.2, 0) is 12.5 Å². The van der Waals surface area contributed by atoms with Crippen LogP contribution < -0.4 is 10.9 Å². The first-order chi connectivity index (χ1) is 12.2. The van der Waals surface area contributed by atoms with Crippen LogP contribution in [0.15, 0.2) is 46.6 Å². The highest BCUT2D eigenvalue weighted by Gasteiger charge is 2.15. The van der Waals surface area contributed by atoms with Gasteiger partial charge in [0.1, 0.15) is 5.69 Å². The number of nitrogens with one attached hydrogen (secondary N) is 1. The van der Waals surface area contributed by atoms with Gasteiger partial charge in [0.2, 0.25) is 0 Å². The van der Waals surface area contributed by atoms with Gasteiger partial charge in [-0.05, 0) is 17.0 Å². The fraction of sp³-hybridized carbons (Fsp3) is 0.263. The number of anilines is 1. The van der Waals surface area contributed by atoms with Gasteiger partial charge in [-0.25, -0.2) is 9.67 Å². The third-order valence-corrected chi connectivity index (χ3v) is 4.72. The van der Waals surface area contributed by atoms with Crippen molar-refractivity contribution in [2.75, 3.05) is 5.32 Å². The Labute approximate surface area is 155 Å². The molecule has 0 aliphatic rings. The number of aromatic nitrogens is 3. The standard InChI is InChI=1S/C19H20N4O2S/c1-19(2,3)13-7-5-12(6-8-13)15-11-26-18(20-15)21-17(25)14-9-10-16(24)23(4)22-14/h5-11H,1-4H3,(H,20,21,25). The van der Waals surface area contributed by atoms with Crippen LogP contribution in [-0.4, -0.2) is 20.7 Å². The average Bonchev–Trinajstić information content (AvgIpc) is 3.05. The first-order valence-corrected chi connectivity index (χ1v) is 9.04. The van der Waals surface area contributed by atoms with Crippen molar-refractivity contribution < 1.29 is 4.79 Å². The lowest BCUT2D eigenvalue weighted by molar-refractivity contribution is 0.102. The fourth-order valence-corrected chi connectivity index (χ4v) is 3.10. The van der Waals surface area contributed by atoms with Crippen molar-refractivity contribution >= 4 is 22.4 Å². The van der Waals surface area contributed by atoms with E-state index in [2.05, 4.69) is 48.3 Å². The zero-order valence-electron chi connectivity index (χ0n) is 15.1. The quantitative estimate of drug-likeness (QED) is 0.768. The smallest absolute Gasteiger partial charge is 0.277 e. The van der Waals surface area contributed by atoms with Crippen LogP contribution >= 0.6 is 11.3 Å². The fourth-order valence-electron chi connectivity index (χ4n) is 2.39. The Bertz CT molecular complexity index is 997. The molecule has 0 fully saturated rings. The highest BCUT2D eigenvalue weighted by Crippen LogP contribution is 2.28. The van der Waals surface area contributed by atoms with Crippen LogP contribution in [0.3, 0.4) is 0 Å². The molecule has 0 atom stereocenters. The lowest BCUT2D eigenvalue weighted by atomic mass is 9.86. The van der Waals surface area contributed by atoms with Crippen molar-refractivity contribution in [2.24, 2.45) is 7.05 Å². The monoisotopic (exact) mass is 368 g/mol. The molecule has 0 radical (unpaired) electrons. The van der Waals surface area contributed by atoms with Gasteiger partial charge in [0.05, 0.1) is 5.69 Å². The predicted octanol–water partition coefficient (Wildman–Crippen LogP) is 3.45. The third kappa shape index (κ3) is 3.88. The van der Waals surface area contributed by atoms with Gasteiger partial charge in [-0.1, -0.05) is 45.0 Å². The van der Waals surface area contributed by atoms with E-state index in [9.17, 15) is 9.59 Å². The predicted molar refractivity (Wildman–Crippen MR) is 104 cm³/mol. The summed E-state index contributed by atoms with van der Waals surface area (Å²) in [5, 5.41) is 9.04. The van der Waals surface area contributed by atoms with Crippen molar-refractivity contribution in [3.8, 4) is 11.3 Å². The van der Waals surface area contributed by atoms with Crippen LogP contribution in [0.1, 0.15) is 36.8 Å². The van der Waals surface area contributed by atoms with Crippen molar-refractivity contribution in [2.45, 2.75) is 26.2 Å². The van der Waals surface area contributed by atoms with E-state index in [0.717, 1.165) is 15.9 Å². The molecule has 26 heavy (non-hydrogen) atoms. The molecule has 1 amide bonds. The minimum absolute atomic E-state index is 0.0997. The van der Waals surface area contributed by atoms with Crippen molar-refractivity contribution in [1.29, 1.82) is 0 Å². The van der Waals surface area contributed by atoms with Crippen LogP contribution in [0.5, 0.6) is 0 Å². The van der Waals surface area contributed by atoms with Crippen LogP contribution in [0, 0.1) is 0 Å². The van der Waals surface area contributed by atoms with E-state index in [1.807, 2.05) is 17.5 Å². The summed E-state index contributed by atoms with van der Waals surface area (Å²) < 4.78 is 1.12. The largest absolute Gasteiger partial charge is 0.296 e. The van der Waals surface area contributed by atoms with E-state index in [0.29, 0.717) is 5.13 Å². The number of rotatable bonds is 3. The molecule has 0 saturated carbocycles. The number of aryl methyl sites for hydroxylation is 1. The summed E-state index contributed by atoms with van der Waals surface area (Å²) >= 11 is 1.35.